The van der Waals surface area contributed by atoms with Gasteiger partial charge in [-0.3, -0.25) is 9.89 Å². The number of carbonyl (C=O) groups is 1. The van der Waals surface area contributed by atoms with Crippen molar-refractivity contribution in [1.29, 1.82) is 0 Å². The first-order valence-corrected chi connectivity index (χ1v) is 10.7. The predicted molar refractivity (Wildman–Crippen MR) is 119 cm³/mol. The Labute approximate surface area is 185 Å². The number of amides is 1. The highest BCUT2D eigenvalue weighted by atomic mass is 19.1. The third-order valence-corrected chi connectivity index (χ3v) is 6.28. The zero-order chi connectivity index (χ0) is 22.2. The lowest BCUT2D eigenvalue weighted by molar-refractivity contribution is -0.115. The fourth-order valence-corrected chi connectivity index (χ4v) is 4.57. The summed E-state index contributed by atoms with van der Waals surface area (Å²) in [7, 11) is 1.74. The van der Waals surface area contributed by atoms with Crippen molar-refractivity contribution in [2.45, 2.75) is 44.8 Å². The summed E-state index contributed by atoms with van der Waals surface area (Å²) < 4.78 is 20.4. The number of carbonyl (C=O) groups excluding carboxylic acids is 1. The van der Waals surface area contributed by atoms with Crippen molar-refractivity contribution in [1.82, 2.24) is 25.1 Å². The number of fused-ring (bicyclic) bond motifs is 1. The maximum atomic E-state index is 14.9. The number of benzene rings is 1. The summed E-state index contributed by atoms with van der Waals surface area (Å²) in [6, 6.07) is 3.35. The van der Waals surface area contributed by atoms with Crippen molar-refractivity contribution in [2.75, 3.05) is 23.9 Å². The van der Waals surface area contributed by atoms with Crippen LogP contribution in [0.4, 0.5) is 16.0 Å². The van der Waals surface area contributed by atoms with E-state index in [-0.39, 0.29) is 26.0 Å². The van der Waals surface area contributed by atoms with Gasteiger partial charge in [0.05, 0.1) is 30.1 Å². The molecule has 3 heterocycles. The zero-order valence-corrected chi connectivity index (χ0v) is 17.9. The molecule has 0 saturated heterocycles. The largest absolute Gasteiger partial charge is 0.381 e. The third-order valence-electron chi connectivity index (χ3n) is 6.28. The summed E-state index contributed by atoms with van der Waals surface area (Å²) in [6.07, 6.45) is 6.88. The lowest BCUT2D eigenvalue weighted by Gasteiger charge is -2.39. The number of H-pyrrole nitrogens is 1. The molecular weight excluding hydrogens is 413 g/mol. The van der Waals surface area contributed by atoms with E-state index in [0.29, 0.717) is 34.3 Å². The minimum Gasteiger partial charge on any atom is -0.381 e. The number of aromatic amines is 1. The molecule has 32 heavy (non-hydrogen) atoms. The van der Waals surface area contributed by atoms with Gasteiger partial charge >= 0.3 is 0 Å². The van der Waals surface area contributed by atoms with Crippen LogP contribution in [0.5, 0.6) is 0 Å². The second kappa shape index (κ2) is 8.27. The molecule has 1 aromatic carbocycles. The number of hydrogen-bond donors (Lipinski definition) is 2. The van der Waals surface area contributed by atoms with Crippen LogP contribution in [0.15, 0.2) is 24.7 Å². The highest BCUT2D eigenvalue weighted by molar-refractivity contribution is 5.99. The first-order chi connectivity index (χ1) is 15.5. The van der Waals surface area contributed by atoms with Crippen molar-refractivity contribution < 1.29 is 15.3 Å². The number of halogens is 1. The summed E-state index contributed by atoms with van der Waals surface area (Å²) in [5, 5.41) is 9.29. The molecule has 0 unspecified atom stereocenters. The number of aromatic nitrogens is 5. The van der Waals surface area contributed by atoms with Gasteiger partial charge in [-0.15, -0.1) is 0 Å². The van der Waals surface area contributed by atoms with E-state index in [2.05, 4.69) is 25.5 Å². The maximum absolute atomic E-state index is 14.9. The Morgan fingerprint density at radius 3 is 2.72 bits per heavy atom. The van der Waals surface area contributed by atoms with Crippen LogP contribution in [0.25, 0.3) is 22.6 Å². The Morgan fingerprint density at radius 1 is 1.19 bits per heavy atom. The number of rotatable bonds is 4. The van der Waals surface area contributed by atoms with E-state index in [4.69, 9.17) is 9.72 Å². The van der Waals surface area contributed by atoms with Crippen LogP contribution in [0, 0.1) is 12.7 Å². The van der Waals surface area contributed by atoms with E-state index >= 15 is 0 Å². The smallest absolute Gasteiger partial charge is 0.245 e. The summed E-state index contributed by atoms with van der Waals surface area (Å²) in [4.78, 5) is 27.6. The highest BCUT2D eigenvalue weighted by Crippen LogP contribution is 2.36. The van der Waals surface area contributed by atoms with Crippen LogP contribution in [0.2, 0.25) is 0 Å². The number of nitrogens with one attached hydrogen (secondary N) is 2. The number of hydrogen-bond acceptors (Lipinski definition) is 7. The average Bonchev–Trinajstić information content (AvgIpc) is 3.34. The average molecular weight is 439 g/mol. The van der Waals surface area contributed by atoms with Crippen LogP contribution >= 0.6 is 0 Å². The lowest BCUT2D eigenvalue weighted by atomic mass is 9.91. The van der Waals surface area contributed by atoms with Crippen molar-refractivity contribution in [3.63, 3.8) is 0 Å². The Bertz CT molecular complexity index is 1150. The van der Waals surface area contributed by atoms with Crippen molar-refractivity contribution >= 4 is 17.5 Å². The first kappa shape index (κ1) is 20.5. The molecular formula is C22H26FN7O2. The van der Waals surface area contributed by atoms with E-state index in [1.165, 1.54) is 12.4 Å². The summed E-state index contributed by atoms with van der Waals surface area (Å²) in [5.74, 6) is 0.906. The fourth-order valence-electron chi connectivity index (χ4n) is 4.57. The molecule has 0 spiro atoms. The zero-order valence-electron chi connectivity index (χ0n) is 17.9. The van der Waals surface area contributed by atoms with Gasteiger partial charge in [0.2, 0.25) is 5.91 Å². The first-order valence-electron chi connectivity index (χ1n) is 10.7. The molecule has 0 atom stereocenters. The molecule has 1 aliphatic carbocycles. The fraction of sp³-hybridized carbons (Fsp3) is 0.409. The van der Waals surface area contributed by atoms with Gasteiger partial charge in [0.1, 0.15) is 12.1 Å². The molecule has 2 N–H and O–H groups in total. The van der Waals surface area contributed by atoms with E-state index in [1.807, 2.05) is 11.8 Å². The molecule has 1 fully saturated rings. The molecule has 0 bridgehead atoms. The Morgan fingerprint density at radius 2 is 2.00 bits per heavy atom. The topological polar surface area (TPSA) is 109 Å². The molecule has 2 aliphatic rings. The standard InChI is InChI=1S/C22H24FN7O2.H2/c1-12-7-16(20-25-11-26-29-20)17(23)8-15(12)18-9-24-21-22(27-18)30(10-19(31)28-21)13-3-5-14(32-2)6-4-13;/h7-9,11,13-14H,3-6,10H2,1-2H3,(H,24,28,31)(H,25,26,29);1H. The summed E-state index contributed by atoms with van der Waals surface area (Å²) >= 11 is 0. The van der Waals surface area contributed by atoms with E-state index in [0.717, 1.165) is 31.2 Å². The highest BCUT2D eigenvalue weighted by Gasteiger charge is 2.33. The molecule has 2 aromatic heterocycles. The number of anilines is 2. The van der Waals surface area contributed by atoms with Crippen molar-refractivity contribution in [3.05, 3.63) is 36.0 Å². The molecule has 168 valence electrons. The van der Waals surface area contributed by atoms with E-state index in [9.17, 15) is 9.18 Å². The van der Waals surface area contributed by atoms with Crippen LogP contribution in [-0.4, -0.2) is 56.9 Å². The molecule has 3 aromatic rings. The van der Waals surface area contributed by atoms with Gasteiger partial charge in [0.15, 0.2) is 17.5 Å². The number of methoxy groups -OCH3 is 1. The summed E-state index contributed by atoms with van der Waals surface area (Å²) in [6.45, 7) is 2.12. The Hall–Kier alpha value is -3.40. The molecule has 1 amide bonds. The third kappa shape index (κ3) is 3.70. The van der Waals surface area contributed by atoms with Crippen LogP contribution in [0.1, 0.15) is 32.7 Å². The lowest BCUT2D eigenvalue weighted by Crippen LogP contribution is -2.47. The maximum Gasteiger partial charge on any atom is 0.245 e. The van der Waals surface area contributed by atoms with Gasteiger partial charge in [-0.05, 0) is 50.3 Å². The SMILES string of the molecule is COC1CCC(N2CC(=O)Nc3ncc(-c4cc(F)c(-c5ncn[nH]5)cc4C)nc32)CC1.[HH]. The Kier molecular flexibility index (Phi) is 5.30. The van der Waals surface area contributed by atoms with Gasteiger partial charge in [-0.25, -0.2) is 19.3 Å². The van der Waals surface area contributed by atoms with E-state index < -0.39 is 5.82 Å². The molecule has 1 aliphatic heterocycles. The number of nitrogens with zero attached hydrogens (tertiary/aromatic N) is 5. The number of aryl methyl sites for hydroxylation is 1. The van der Waals surface area contributed by atoms with E-state index in [1.54, 1.807) is 19.4 Å². The predicted octanol–water partition coefficient (Wildman–Crippen LogP) is 3.34. The molecule has 9 nitrogen and oxygen atoms in total. The van der Waals surface area contributed by atoms with Crippen molar-refractivity contribution in [3.8, 4) is 22.6 Å². The second-order valence-corrected chi connectivity index (χ2v) is 8.25. The minimum absolute atomic E-state index is 0. The second-order valence-electron chi connectivity index (χ2n) is 8.25. The molecule has 1 saturated carbocycles. The van der Waals surface area contributed by atoms with Gasteiger partial charge in [-0.2, -0.15) is 5.10 Å². The van der Waals surface area contributed by atoms with Gasteiger partial charge in [0.25, 0.3) is 0 Å². The van der Waals surface area contributed by atoms with Gasteiger partial charge in [-0.1, -0.05) is 0 Å². The van der Waals surface area contributed by atoms with Crippen molar-refractivity contribution in [2.24, 2.45) is 0 Å². The van der Waals surface area contributed by atoms with Crippen LogP contribution in [0.3, 0.4) is 0 Å². The number of ether oxygens (including phenoxy) is 1. The Balaban J connectivity index is 0.00000259. The molecule has 10 heteroatoms. The van der Waals surface area contributed by atoms with Crippen LogP contribution in [-0.2, 0) is 9.53 Å². The molecule has 5 rings (SSSR count). The minimum atomic E-state index is -0.426. The van der Waals surface area contributed by atoms with Crippen LogP contribution < -0.4 is 10.2 Å². The monoisotopic (exact) mass is 439 g/mol. The normalized spacial score (nSPS) is 20.7. The summed E-state index contributed by atoms with van der Waals surface area (Å²) in [5.41, 5.74) is 2.37. The van der Waals surface area contributed by atoms with Gasteiger partial charge < -0.3 is 15.0 Å². The molecule has 0 radical (unpaired) electrons. The van der Waals surface area contributed by atoms with Gasteiger partial charge in [0, 0.05) is 20.1 Å². The quantitative estimate of drug-likeness (QED) is 0.642.